The first-order valence-electron chi connectivity index (χ1n) is 4.76. The molecule has 0 saturated carbocycles. The maximum atomic E-state index is 11.7. The molecule has 1 rings (SSSR count). The zero-order valence-electron chi connectivity index (χ0n) is 9.52. The molecule has 5 nitrogen and oxygen atoms in total. The van der Waals surface area contributed by atoms with Crippen LogP contribution in [0.5, 0.6) is 5.75 Å². The van der Waals surface area contributed by atoms with Crippen molar-refractivity contribution in [3.05, 3.63) is 23.8 Å². The van der Waals surface area contributed by atoms with Gasteiger partial charge in [-0.05, 0) is 25.2 Å². The molecule has 0 aliphatic heterocycles. The molecule has 0 amide bonds. The van der Waals surface area contributed by atoms with Crippen molar-refractivity contribution < 1.29 is 18.3 Å². The fraction of sp³-hybridized carbons (Fsp3) is 0.273. The van der Waals surface area contributed by atoms with E-state index in [1.54, 1.807) is 6.07 Å². The van der Waals surface area contributed by atoms with Crippen LogP contribution in [0.3, 0.4) is 0 Å². The van der Waals surface area contributed by atoms with E-state index in [1.165, 1.54) is 26.3 Å². The molecule has 0 aliphatic carbocycles. The Morgan fingerprint density at radius 2 is 2.18 bits per heavy atom. The van der Waals surface area contributed by atoms with Crippen LogP contribution in [0.1, 0.15) is 5.56 Å². The molecule has 0 unspecified atom stereocenters. The Labute approximate surface area is 100 Å². The Balaban J connectivity index is 3.35. The lowest BCUT2D eigenvalue weighted by Gasteiger charge is -2.08. The number of hydrogen-bond acceptors (Lipinski definition) is 4. The summed E-state index contributed by atoms with van der Waals surface area (Å²) in [6.45, 7) is -0.278. The summed E-state index contributed by atoms with van der Waals surface area (Å²) in [6, 6.07) is 4.54. The predicted octanol–water partition coefficient (Wildman–Crippen LogP) is -0.0529. The first kappa shape index (κ1) is 13.5. The Morgan fingerprint density at radius 1 is 1.47 bits per heavy atom. The van der Waals surface area contributed by atoms with Crippen molar-refractivity contribution in [2.45, 2.75) is 4.90 Å². The maximum Gasteiger partial charge on any atom is 0.244 e. The van der Waals surface area contributed by atoms with Gasteiger partial charge in [0.1, 0.15) is 17.3 Å². The first-order chi connectivity index (χ1) is 8.05. The lowest BCUT2D eigenvalue weighted by molar-refractivity contribution is 0.350. The van der Waals surface area contributed by atoms with Crippen LogP contribution >= 0.6 is 0 Å². The van der Waals surface area contributed by atoms with E-state index in [0.29, 0.717) is 5.56 Å². The van der Waals surface area contributed by atoms with Gasteiger partial charge in [0.2, 0.25) is 10.0 Å². The van der Waals surface area contributed by atoms with Gasteiger partial charge in [-0.2, -0.15) is 0 Å². The molecule has 0 saturated heterocycles. The van der Waals surface area contributed by atoms with Crippen molar-refractivity contribution in [1.29, 1.82) is 0 Å². The lowest BCUT2D eigenvalue weighted by Crippen LogP contribution is -2.19. The van der Waals surface area contributed by atoms with Crippen LogP contribution < -0.4 is 9.46 Å². The summed E-state index contributed by atoms with van der Waals surface area (Å²) in [5, 5.41) is 8.57. The molecule has 0 aromatic heterocycles. The van der Waals surface area contributed by atoms with E-state index >= 15 is 0 Å². The van der Waals surface area contributed by atoms with Crippen LogP contribution in [0.2, 0.25) is 0 Å². The first-order valence-corrected chi connectivity index (χ1v) is 6.24. The van der Waals surface area contributed by atoms with E-state index in [1.807, 2.05) is 0 Å². The largest absolute Gasteiger partial charge is 0.495 e. The van der Waals surface area contributed by atoms with Crippen LogP contribution in [0.4, 0.5) is 0 Å². The average Bonchev–Trinajstić information content (AvgIpc) is 2.36. The fourth-order valence-corrected chi connectivity index (χ4v) is 2.13. The second-order valence-electron chi connectivity index (χ2n) is 3.03. The van der Waals surface area contributed by atoms with Crippen molar-refractivity contribution in [1.82, 2.24) is 4.72 Å². The molecule has 0 fully saturated rings. The molecule has 0 atom stereocenters. The van der Waals surface area contributed by atoms with Crippen molar-refractivity contribution in [2.24, 2.45) is 0 Å². The van der Waals surface area contributed by atoms with Crippen molar-refractivity contribution in [2.75, 3.05) is 20.8 Å². The van der Waals surface area contributed by atoms with E-state index in [9.17, 15) is 8.42 Å². The van der Waals surface area contributed by atoms with E-state index in [-0.39, 0.29) is 17.3 Å². The molecule has 2 N–H and O–H groups in total. The molecule has 0 bridgehead atoms. The third-order valence-electron chi connectivity index (χ3n) is 2.03. The Morgan fingerprint density at radius 3 is 2.71 bits per heavy atom. The predicted molar refractivity (Wildman–Crippen MR) is 63.2 cm³/mol. The Kier molecular flexibility index (Phi) is 4.52. The van der Waals surface area contributed by atoms with E-state index < -0.39 is 10.0 Å². The summed E-state index contributed by atoms with van der Waals surface area (Å²) in [7, 11) is -0.882. The van der Waals surface area contributed by atoms with Gasteiger partial charge < -0.3 is 9.84 Å². The minimum Gasteiger partial charge on any atom is -0.495 e. The minimum absolute atomic E-state index is 0.0206. The second kappa shape index (κ2) is 5.68. The number of benzene rings is 1. The lowest BCUT2D eigenvalue weighted by atomic mass is 10.2. The van der Waals surface area contributed by atoms with Crippen LogP contribution in [-0.4, -0.2) is 34.3 Å². The van der Waals surface area contributed by atoms with Crippen molar-refractivity contribution in [3.63, 3.8) is 0 Å². The standard InChI is InChI=1S/C11H13NO4S/c1-12-17(14,15)11-8-9(4-3-7-13)5-6-10(11)16-2/h5-6,8,12-13H,7H2,1-2H3. The number of hydrogen-bond donors (Lipinski definition) is 2. The fourth-order valence-electron chi connectivity index (χ4n) is 1.22. The summed E-state index contributed by atoms with van der Waals surface area (Å²) in [4.78, 5) is 0.0206. The number of ether oxygens (including phenoxy) is 1. The normalized spacial score (nSPS) is 10.5. The zero-order chi connectivity index (χ0) is 12.9. The average molecular weight is 255 g/mol. The molecular formula is C11H13NO4S. The number of rotatable bonds is 3. The molecule has 0 spiro atoms. The van der Waals surface area contributed by atoms with Gasteiger partial charge in [0.25, 0.3) is 0 Å². The summed E-state index contributed by atoms with van der Waals surface area (Å²) in [5.74, 6) is 5.33. The topological polar surface area (TPSA) is 75.6 Å². The number of aliphatic hydroxyl groups excluding tert-OH is 1. The molecule has 92 valence electrons. The molecule has 0 heterocycles. The molecule has 6 heteroatoms. The van der Waals surface area contributed by atoms with Crippen LogP contribution in [0.15, 0.2) is 23.1 Å². The molecule has 0 aliphatic rings. The number of aliphatic hydroxyl groups is 1. The summed E-state index contributed by atoms with van der Waals surface area (Å²) in [5.41, 5.74) is 0.494. The number of methoxy groups -OCH3 is 1. The monoisotopic (exact) mass is 255 g/mol. The third-order valence-corrected chi connectivity index (χ3v) is 3.47. The number of sulfonamides is 1. The summed E-state index contributed by atoms with van der Waals surface area (Å²) >= 11 is 0. The highest BCUT2D eigenvalue weighted by atomic mass is 32.2. The van der Waals surface area contributed by atoms with Gasteiger partial charge in [0, 0.05) is 5.56 Å². The Bertz CT molecular complexity index is 555. The zero-order valence-corrected chi connectivity index (χ0v) is 10.3. The van der Waals surface area contributed by atoms with Gasteiger partial charge >= 0.3 is 0 Å². The van der Waals surface area contributed by atoms with Gasteiger partial charge in [0.05, 0.1) is 7.11 Å². The van der Waals surface area contributed by atoms with Crippen LogP contribution in [0, 0.1) is 11.8 Å². The van der Waals surface area contributed by atoms with Crippen molar-refractivity contribution >= 4 is 10.0 Å². The van der Waals surface area contributed by atoms with Crippen LogP contribution in [0.25, 0.3) is 0 Å². The maximum absolute atomic E-state index is 11.7. The highest BCUT2D eigenvalue weighted by Gasteiger charge is 2.17. The van der Waals surface area contributed by atoms with Gasteiger partial charge in [-0.15, -0.1) is 0 Å². The minimum atomic E-state index is -3.59. The molecule has 0 radical (unpaired) electrons. The quantitative estimate of drug-likeness (QED) is 0.742. The highest BCUT2D eigenvalue weighted by Crippen LogP contribution is 2.24. The number of nitrogens with one attached hydrogen (secondary N) is 1. The molecular weight excluding hydrogens is 242 g/mol. The van der Waals surface area contributed by atoms with E-state index in [2.05, 4.69) is 16.6 Å². The van der Waals surface area contributed by atoms with Crippen LogP contribution in [-0.2, 0) is 10.0 Å². The second-order valence-corrected chi connectivity index (χ2v) is 4.89. The Hall–Kier alpha value is -1.55. The third kappa shape index (κ3) is 3.20. The molecule has 17 heavy (non-hydrogen) atoms. The van der Waals surface area contributed by atoms with Gasteiger partial charge in [0.15, 0.2) is 0 Å². The van der Waals surface area contributed by atoms with Gasteiger partial charge in [-0.3, -0.25) is 0 Å². The summed E-state index contributed by atoms with van der Waals surface area (Å²) < 4.78 is 30.6. The summed E-state index contributed by atoms with van der Waals surface area (Å²) in [6.07, 6.45) is 0. The molecule has 1 aromatic carbocycles. The van der Waals surface area contributed by atoms with Gasteiger partial charge in [-0.1, -0.05) is 11.8 Å². The smallest absolute Gasteiger partial charge is 0.244 e. The van der Waals surface area contributed by atoms with Gasteiger partial charge in [-0.25, -0.2) is 13.1 Å². The van der Waals surface area contributed by atoms with E-state index in [4.69, 9.17) is 9.84 Å². The van der Waals surface area contributed by atoms with Crippen molar-refractivity contribution in [3.8, 4) is 17.6 Å². The molecule has 1 aromatic rings. The highest BCUT2D eigenvalue weighted by molar-refractivity contribution is 7.89. The van der Waals surface area contributed by atoms with E-state index in [0.717, 1.165) is 0 Å². The SMILES string of the molecule is CNS(=O)(=O)c1cc(C#CCO)ccc1OC.